The van der Waals surface area contributed by atoms with E-state index in [1.807, 2.05) is 44.2 Å². The first kappa shape index (κ1) is 23.7. The molecule has 2 aromatic rings. The van der Waals surface area contributed by atoms with Gasteiger partial charge >= 0.3 is 0 Å². The van der Waals surface area contributed by atoms with Gasteiger partial charge in [0.1, 0.15) is 24.2 Å². The summed E-state index contributed by atoms with van der Waals surface area (Å²) in [5, 5.41) is 22.8. The number of aliphatic hydroxyl groups is 1. The number of aliphatic hydroxyl groups excluding tert-OH is 1. The highest BCUT2D eigenvalue weighted by atomic mass is 16.5. The van der Waals surface area contributed by atoms with E-state index in [1.165, 1.54) is 12.1 Å². The number of nitrogens with one attached hydrogen (secondary N) is 1. The van der Waals surface area contributed by atoms with Gasteiger partial charge in [0.25, 0.3) is 0 Å². The minimum atomic E-state index is -0.664. The number of ketones is 1. The van der Waals surface area contributed by atoms with Crippen LogP contribution in [0.1, 0.15) is 49.5 Å². The van der Waals surface area contributed by atoms with Crippen LogP contribution in [0.3, 0.4) is 0 Å². The molecule has 28 heavy (non-hydrogen) atoms. The minimum absolute atomic E-state index is 0.0190. The van der Waals surface area contributed by atoms with E-state index in [2.05, 4.69) is 12.2 Å². The summed E-state index contributed by atoms with van der Waals surface area (Å²) in [6.45, 7) is 7.41. The van der Waals surface area contributed by atoms with E-state index in [0.717, 1.165) is 18.5 Å². The molecular formula is C23H33NO4. The van der Waals surface area contributed by atoms with Gasteiger partial charge in [-0.15, -0.1) is 0 Å². The molecule has 0 aromatic heterocycles. The van der Waals surface area contributed by atoms with Gasteiger partial charge in [0.15, 0.2) is 5.78 Å². The van der Waals surface area contributed by atoms with Crippen molar-refractivity contribution < 1.29 is 19.7 Å². The van der Waals surface area contributed by atoms with Gasteiger partial charge in [-0.25, -0.2) is 0 Å². The van der Waals surface area contributed by atoms with Crippen LogP contribution in [0, 0.1) is 0 Å². The van der Waals surface area contributed by atoms with Crippen molar-refractivity contribution in [3.8, 4) is 11.5 Å². The Balaban J connectivity index is 0.00000190. The number of hydrogen-bond acceptors (Lipinski definition) is 5. The van der Waals surface area contributed by atoms with Crippen molar-refractivity contribution in [3.05, 3.63) is 59.7 Å². The largest absolute Gasteiger partial charge is 0.508 e. The zero-order valence-corrected chi connectivity index (χ0v) is 17.1. The van der Waals surface area contributed by atoms with E-state index in [0.29, 0.717) is 30.7 Å². The highest BCUT2D eigenvalue weighted by Crippen LogP contribution is 2.25. The van der Waals surface area contributed by atoms with Gasteiger partial charge in [0, 0.05) is 13.0 Å². The predicted molar refractivity (Wildman–Crippen MR) is 113 cm³/mol. The summed E-state index contributed by atoms with van der Waals surface area (Å²) in [5.74, 6) is 0.305. The molecule has 0 saturated carbocycles. The molecule has 0 aliphatic rings. The molecule has 2 aromatic carbocycles. The standard InChI is InChI=1S/C21H27NO4.C2H6/c1-2-12-22-14-18(24)15-26-21-11-9-17(23)13-19(21)20(25)10-8-16-6-4-3-5-7-16;1-2/h3-7,9,11,13,18,22-24H,2,8,10,12,14-15H2,1H3;1-2H3. The Morgan fingerprint density at radius 3 is 2.54 bits per heavy atom. The zero-order chi connectivity index (χ0) is 20.8. The van der Waals surface area contributed by atoms with Crippen LogP contribution < -0.4 is 10.1 Å². The van der Waals surface area contributed by atoms with Gasteiger partial charge in [-0.1, -0.05) is 51.1 Å². The second-order valence-corrected chi connectivity index (χ2v) is 6.26. The van der Waals surface area contributed by atoms with E-state index in [4.69, 9.17) is 4.74 Å². The number of aryl methyl sites for hydroxylation is 1. The first-order valence-electron chi connectivity index (χ1n) is 10.0. The summed E-state index contributed by atoms with van der Waals surface area (Å²) in [4.78, 5) is 12.6. The Bertz CT molecular complexity index is 688. The molecule has 2 rings (SSSR count). The molecule has 5 nitrogen and oxygen atoms in total. The van der Waals surface area contributed by atoms with Crippen LogP contribution in [0.4, 0.5) is 0 Å². The summed E-state index contributed by atoms with van der Waals surface area (Å²) in [5.41, 5.74) is 1.43. The lowest BCUT2D eigenvalue weighted by Gasteiger charge is -2.15. The fraction of sp³-hybridized carbons (Fsp3) is 0.435. The smallest absolute Gasteiger partial charge is 0.167 e. The quantitative estimate of drug-likeness (QED) is 0.402. The number of phenolic OH excluding ortho intramolecular Hbond substituents is 1. The summed E-state index contributed by atoms with van der Waals surface area (Å²) >= 11 is 0. The molecule has 3 N–H and O–H groups in total. The SMILES string of the molecule is CC.CCCNCC(O)COc1ccc(O)cc1C(=O)CCc1ccccc1. The third kappa shape index (κ3) is 8.55. The van der Waals surface area contributed by atoms with Crippen molar-refractivity contribution in [2.45, 2.75) is 46.1 Å². The molecule has 0 radical (unpaired) electrons. The van der Waals surface area contributed by atoms with Crippen molar-refractivity contribution in [1.82, 2.24) is 5.32 Å². The van der Waals surface area contributed by atoms with Crippen LogP contribution in [-0.2, 0) is 6.42 Å². The van der Waals surface area contributed by atoms with Crippen molar-refractivity contribution in [3.63, 3.8) is 0 Å². The maximum atomic E-state index is 12.6. The number of Topliss-reactive ketones (excluding diaryl/α,β-unsaturated/α-hetero) is 1. The molecule has 0 amide bonds. The molecule has 0 heterocycles. The van der Waals surface area contributed by atoms with Crippen LogP contribution in [-0.4, -0.2) is 41.8 Å². The number of benzene rings is 2. The monoisotopic (exact) mass is 387 g/mol. The summed E-state index contributed by atoms with van der Waals surface area (Å²) in [6.07, 6.45) is 1.27. The second-order valence-electron chi connectivity index (χ2n) is 6.26. The highest BCUT2D eigenvalue weighted by Gasteiger charge is 2.15. The number of aromatic hydroxyl groups is 1. The lowest BCUT2D eigenvalue weighted by Crippen LogP contribution is -2.32. The minimum Gasteiger partial charge on any atom is -0.508 e. The summed E-state index contributed by atoms with van der Waals surface area (Å²) in [7, 11) is 0. The first-order valence-corrected chi connectivity index (χ1v) is 10.0. The number of rotatable bonds is 11. The van der Waals surface area contributed by atoms with Crippen LogP contribution in [0.15, 0.2) is 48.5 Å². The average molecular weight is 388 g/mol. The first-order chi connectivity index (χ1) is 13.6. The van der Waals surface area contributed by atoms with Gasteiger partial charge in [0.2, 0.25) is 0 Å². The fourth-order valence-corrected chi connectivity index (χ4v) is 2.59. The molecule has 5 heteroatoms. The van der Waals surface area contributed by atoms with E-state index in [9.17, 15) is 15.0 Å². The van der Waals surface area contributed by atoms with Gasteiger partial charge in [-0.05, 0) is 43.1 Å². The fourth-order valence-electron chi connectivity index (χ4n) is 2.59. The van der Waals surface area contributed by atoms with Gasteiger partial charge < -0.3 is 20.3 Å². The molecule has 154 valence electrons. The van der Waals surface area contributed by atoms with E-state index < -0.39 is 6.10 Å². The molecule has 0 aliphatic carbocycles. The van der Waals surface area contributed by atoms with E-state index in [-0.39, 0.29) is 18.1 Å². The normalized spacial score (nSPS) is 11.3. The Morgan fingerprint density at radius 1 is 1.14 bits per heavy atom. The molecule has 0 bridgehead atoms. The molecule has 1 atom stereocenters. The average Bonchev–Trinajstić information content (AvgIpc) is 2.73. The Hall–Kier alpha value is -2.37. The Labute approximate surface area is 168 Å². The molecule has 0 fully saturated rings. The van der Waals surface area contributed by atoms with Crippen molar-refractivity contribution in [1.29, 1.82) is 0 Å². The zero-order valence-electron chi connectivity index (χ0n) is 17.1. The second kappa shape index (κ2) is 13.7. The van der Waals surface area contributed by atoms with Gasteiger partial charge in [-0.3, -0.25) is 4.79 Å². The lowest BCUT2D eigenvalue weighted by molar-refractivity contribution is 0.0950. The van der Waals surface area contributed by atoms with Crippen LogP contribution in [0.5, 0.6) is 11.5 Å². The lowest BCUT2D eigenvalue weighted by atomic mass is 10.0. The summed E-state index contributed by atoms with van der Waals surface area (Å²) in [6, 6.07) is 14.2. The molecule has 0 saturated heterocycles. The van der Waals surface area contributed by atoms with Crippen LogP contribution in [0.2, 0.25) is 0 Å². The molecule has 1 unspecified atom stereocenters. The third-order valence-corrected chi connectivity index (χ3v) is 3.99. The van der Waals surface area contributed by atoms with Crippen LogP contribution in [0.25, 0.3) is 0 Å². The Morgan fingerprint density at radius 2 is 1.86 bits per heavy atom. The van der Waals surface area contributed by atoms with Crippen molar-refractivity contribution in [2.75, 3.05) is 19.7 Å². The maximum absolute atomic E-state index is 12.6. The highest BCUT2D eigenvalue weighted by molar-refractivity contribution is 5.99. The number of hydrogen-bond donors (Lipinski definition) is 3. The molecule has 0 spiro atoms. The Kier molecular flexibility index (Phi) is 11.6. The molecule has 0 aliphatic heterocycles. The van der Waals surface area contributed by atoms with Crippen LogP contribution >= 0.6 is 0 Å². The summed E-state index contributed by atoms with van der Waals surface area (Å²) < 4.78 is 5.64. The number of carbonyl (C=O) groups excluding carboxylic acids is 1. The van der Waals surface area contributed by atoms with E-state index >= 15 is 0 Å². The topological polar surface area (TPSA) is 78.8 Å². The molecular weight excluding hydrogens is 354 g/mol. The van der Waals surface area contributed by atoms with Gasteiger partial charge in [-0.2, -0.15) is 0 Å². The van der Waals surface area contributed by atoms with Crippen molar-refractivity contribution in [2.24, 2.45) is 0 Å². The number of phenols is 1. The van der Waals surface area contributed by atoms with Crippen molar-refractivity contribution >= 4 is 5.78 Å². The third-order valence-electron chi connectivity index (χ3n) is 3.99. The van der Waals surface area contributed by atoms with Gasteiger partial charge in [0.05, 0.1) is 5.56 Å². The maximum Gasteiger partial charge on any atom is 0.167 e. The number of carbonyl (C=O) groups is 1. The predicted octanol–water partition coefficient (Wildman–Crippen LogP) is 3.97. The number of ether oxygens (including phenoxy) is 1. The van der Waals surface area contributed by atoms with E-state index in [1.54, 1.807) is 6.07 Å².